The second kappa shape index (κ2) is 6.26. The molecule has 0 saturated carbocycles. The van der Waals surface area contributed by atoms with E-state index in [0.717, 1.165) is 6.42 Å². The zero-order valence-corrected chi connectivity index (χ0v) is 12.4. The highest BCUT2D eigenvalue weighted by atomic mass is 32.2. The average molecular weight is 296 g/mol. The number of nitrogens with one attached hydrogen (secondary N) is 1. The summed E-state index contributed by atoms with van der Waals surface area (Å²) < 4.78 is 22.9. The normalized spacial score (nSPS) is 19.1. The summed E-state index contributed by atoms with van der Waals surface area (Å²) >= 11 is 0. The van der Waals surface area contributed by atoms with E-state index in [1.54, 1.807) is 4.90 Å². The van der Waals surface area contributed by atoms with Gasteiger partial charge in [0.1, 0.15) is 0 Å². The Bertz CT molecular complexity index is 557. The Labute approximate surface area is 119 Å². The molecule has 1 aromatic rings. The molecule has 1 N–H and O–H groups in total. The predicted molar refractivity (Wildman–Crippen MR) is 78.4 cm³/mol. The molecule has 0 unspecified atom stereocenters. The number of amides is 2. The Morgan fingerprint density at radius 3 is 2.65 bits per heavy atom. The van der Waals surface area contributed by atoms with Gasteiger partial charge in [0.2, 0.25) is 0 Å². The maximum Gasteiger partial charge on any atom is 0.317 e. The van der Waals surface area contributed by atoms with E-state index in [0.29, 0.717) is 26.1 Å². The van der Waals surface area contributed by atoms with Crippen LogP contribution in [0.25, 0.3) is 0 Å². The molecule has 1 aromatic carbocycles. The molecule has 1 heterocycles. The minimum Gasteiger partial charge on any atom is -0.338 e. The van der Waals surface area contributed by atoms with E-state index in [1.165, 1.54) is 11.8 Å². The lowest BCUT2D eigenvalue weighted by Crippen LogP contribution is -2.40. The van der Waals surface area contributed by atoms with Gasteiger partial charge in [-0.05, 0) is 18.4 Å². The fourth-order valence-corrected chi connectivity index (χ4v) is 3.32. The van der Waals surface area contributed by atoms with Gasteiger partial charge in [0.05, 0.1) is 5.25 Å². The van der Waals surface area contributed by atoms with Crippen LogP contribution in [0.1, 0.15) is 12.0 Å². The van der Waals surface area contributed by atoms with Crippen molar-refractivity contribution in [3.8, 4) is 0 Å². The van der Waals surface area contributed by atoms with Gasteiger partial charge in [0.25, 0.3) is 0 Å². The first kappa shape index (κ1) is 14.8. The number of urea groups is 1. The molecule has 1 atom stereocenters. The molecular formula is C14H20N2O3S. The molecule has 110 valence electrons. The largest absolute Gasteiger partial charge is 0.338 e. The van der Waals surface area contributed by atoms with E-state index in [-0.39, 0.29) is 6.03 Å². The van der Waals surface area contributed by atoms with Gasteiger partial charge in [0, 0.05) is 25.9 Å². The summed E-state index contributed by atoms with van der Waals surface area (Å²) in [5.41, 5.74) is 1.17. The number of rotatable bonds is 4. The van der Waals surface area contributed by atoms with E-state index >= 15 is 0 Å². The van der Waals surface area contributed by atoms with Crippen molar-refractivity contribution in [2.45, 2.75) is 18.1 Å². The number of nitrogens with zero attached hydrogens (tertiary/aromatic N) is 1. The molecule has 0 aromatic heterocycles. The lowest BCUT2D eigenvalue weighted by atomic mass is 10.1. The fourth-order valence-electron chi connectivity index (χ4n) is 2.33. The van der Waals surface area contributed by atoms with Crippen molar-refractivity contribution in [2.24, 2.45) is 0 Å². The minimum atomic E-state index is -3.05. The van der Waals surface area contributed by atoms with Gasteiger partial charge in [-0.3, -0.25) is 0 Å². The van der Waals surface area contributed by atoms with Gasteiger partial charge < -0.3 is 10.2 Å². The highest BCUT2D eigenvalue weighted by Gasteiger charge is 2.32. The summed E-state index contributed by atoms with van der Waals surface area (Å²) in [5, 5.41) is 2.42. The summed E-state index contributed by atoms with van der Waals surface area (Å²) in [7, 11) is -3.05. The van der Waals surface area contributed by atoms with Crippen LogP contribution in [-0.4, -0.2) is 50.5 Å². The van der Waals surface area contributed by atoms with E-state index in [2.05, 4.69) is 5.32 Å². The van der Waals surface area contributed by atoms with Crippen molar-refractivity contribution in [2.75, 3.05) is 25.9 Å². The monoisotopic (exact) mass is 296 g/mol. The molecular weight excluding hydrogens is 276 g/mol. The molecule has 2 amide bonds. The number of benzene rings is 1. The molecule has 1 fully saturated rings. The van der Waals surface area contributed by atoms with Crippen molar-refractivity contribution in [1.82, 2.24) is 10.2 Å². The zero-order valence-electron chi connectivity index (χ0n) is 11.6. The molecule has 0 radical (unpaired) electrons. The lowest BCUT2D eigenvalue weighted by Gasteiger charge is -2.17. The topological polar surface area (TPSA) is 66.5 Å². The summed E-state index contributed by atoms with van der Waals surface area (Å²) in [4.78, 5) is 13.5. The minimum absolute atomic E-state index is 0.174. The van der Waals surface area contributed by atoms with Crippen molar-refractivity contribution in [3.63, 3.8) is 0 Å². The van der Waals surface area contributed by atoms with E-state index < -0.39 is 15.1 Å². The number of sulfone groups is 1. The van der Waals surface area contributed by atoms with Crippen LogP contribution in [0, 0.1) is 0 Å². The van der Waals surface area contributed by atoms with Crippen molar-refractivity contribution in [3.05, 3.63) is 35.9 Å². The van der Waals surface area contributed by atoms with Crippen LogP contribution in [0.4, 0.5) is 4.79 Å². The molecule has 0 spiro atoms. The van der Waals surface area contributed by atoms with Crippen molar-refractivity contribution < 1.29 is 13.2 Å². The molecule has 1 saturated heterocycles. The lowest BCUT2D eigenvalue weighted by molar-refractivity contribution is 0.209. The maximum absolute atomic E-state index is 11.9. The van der Waals surface area contributed by atoms with E-state index in [4.69, 9.17) is 0 Å². The van der Waals surface area contributed by atoms with Crippen LogP contribution < -0.4 is 5.32 Å². The molecule has 0 aliphatic carbocycles. The van der Waals surface area contributed by atoms with E-state index in [1.807, 2.05) is 30.3 Å². The number of carbonyl (C=O) groups is 1. The van der Waals surface area contributed by atoms with Crippen LogP contribution in [0.5, 0.6) is 0 Å². The predicted octanol–water partition coefficient (Wildman–Crippen LogP) is 1.06. The first-order valence-corrected chi connectivity index (χ1v) is 8.68. The Hall–Kier alpha value is -1.56. The fraction of sp³-hybridized carbons (Fsp3) is 0.500. The summed E-state index contributed by atoms with van der Waals surface area (Å²) in [6.45, 7) is 1.37. The second-order valence-corrected chi connectivity index (χ2v) is 7.48. The third kappa shape index (κ3) is 3.96. The molecule has 6 heteroatoms. The Morgan fingerprint density at radius 1 is 1.35 bits per heavy atom. The second-order valence-electron chi connectivity index (χ2n) is 5.15. The Kier molecular flexibility index (Phi) is 4.65. The summed E-state index contributed by atoms with van der Waals surface area (Å²) in [6.07, 6.45) is 2.54. The SMILES string of the molecule is CS(=O)(=O)[C@H]1CCN(C(=O)NCCc2ccccc2)C1. The molecule has 0 bridgehead atoms. The maximum atomic E-state index is 11.9. The van der Waals surface area contributed by atoms with Crippen LogP contribution >= 0.6 is 0 Å². The van der Waals surface area contributed by atoms with Gasteiger partial charge in [0.15, 0.2) is 9.84 Å². The van der Waals surface area contributed by atoms with Crippen LogP contribution in [-0.2, 0) is 16.3 Å². The molecule has 1 aliphatic rings. The van der Waals surface area contributed by atoms with Gasteiger partial charge >= 0.3 is 6.03 Å². The van der Waals surface area contributed by atoms with Crippen molar-refractivity contribution in [1.29, 1.82) is 0 Å². The van der Waals surface area contributed by atoms with E-state index in [9.17, 15) is 13.2 Å². The smallest absolute Gasteiger partial charge is 0.317 e. The average Bonchev–Trinajstić information content (AvgIpc) is 2.89. The van der Waals surface area contributed by atoms with Gasteiger partial charge in [-0.25, -0.2) is 13.2 Å². The van der Waals surface area contributed by atoms with Crippen molar-refractivity contribution >= 4 is 15.9 Å². The number of hydrogen-bond donors (Lipinski definition) is 1. The molecule has 2 rings (SSSR count). The van der Waals surface area contributed by atoms with Crippen LogP contribution in [0.2, 0.25) is 0 Å². The summed E-state index contributed by atoms with van der Waals surface area (Å²) in [6, 6.07) is 9.75. The molecule has 5 nitrogen and oxygen atoms in total. The van der Waals surface area contributed by atoms with Gasteiger partial charge in [-0.1, -0.05) is 30.3 Å². The highest BCUT2D eigenvalue weighted by molar-refractivity contribution is 7.91. The Balaban J connectivity index is 1.76. The number of hydrogen-bond acceptors (Lipinski definition) is 3. The van der Waals surface area contributed by atoms with Gasteiger partial charge in [-0.2, -0.15) is 0 Å². The highest BCUT2D eigenvalue weighted by Crippen LogP contribution is 2.15. The molecule has 1 aliphatic heterocycles. The quantitative estimate of drug-likeness (QED) is 0.903. The Morgan fingerprint density at radius 2 is 2.05 bits per heavy atom. The molecule has 20 heavy (non-hydrogen) atoms. The van der Waals surface area contributed by atoms with Crippen LogP contribution in [0.3, 0.4) is 0 Å². The number of likely N-dealkylation sites (tertiary alicyclic amines) is 1. The van der Waals surface area contributed by atoms with Crippen LogP contribution in [0.15, 0.2) is 30.3 Å². The first-order chi connectivity index (χ1) is 9.47. The summed E-state index contributed by atoms with van der Waals surface area (Å²) in [5.74, 6) is 0. The van der Waals surface area contributed by atoms with Gasteiger partial charge in [-0.15, -0.1) is 0 Å². The first-order valence-electron chi connectivity index (χ1n) is 6.72. The standard InChI is InChI=1S/C14H20N2O3S/c1-20(18,19)13-8-10-16(11-13)14(17)15-9-7-12-5-3-2-4-6-12/h2-6,13H,7-11H2,1H3,(H,15,17)/t13-/m0/s1. The zero-order chi connectivity index (χ0) is 14.6. The number of carbonyl (C=O) groups excluding carboxylic acids is 1. The third-order valence-corrected chi connectivity index (χ3v) is 5.17. The third-order valence-electron chi connectivity index (χ3n) is 3.57.